The maximum Gasteiger partial charge on any atom is 0.257 e. The first-order valence-electron chi connectivity index (χ1n) is 6.93. The summed E-state index contributed by atoms with van der Waals surface area (Å²) in [7, 11) is 0. The summed E-state index contributed by atoms with van der Waals surface area (Å²) in [5.41, 5.74) is 1.07. The molecule has 0 fully saturated rings. The van der Waals surface area contributed by atoms with Crippen molar-refractivity contribution < 1.29 is 9.53 Å². The summed E-state index contributed by atoms with van der Waals surface area (Å²) in [6.07, 6.45) is 1.36. The van der Waals surface area contributed by atoms with E-state index in [4.69, 9.17) is 21.6 Å². The zero-order chi connectivity index (χ0) is 15.5. The number of amides is 1. The van der Waals surface area contributed by atoms with E-state index in [0.717, 1.165) is 25.1 Å². The van der Waals surface area contributed by atoms with Crippen LogP contribution in [0.1, 0.15) is 25.3 Å². The predicted octanol–water partition coefficient (Wildman–Crippen LogP) is 2.25. The van der Waals surface area contributed by atoms with Crippen LogP contribution in [0.5, 0.6) is 5.75 Å². The standard InChI is InChI=1S/C15H20ClN3O2/c1-2-7-18-10-12-4-5-14(13(16)9-12)21-11-15(20)19-8-3-6-17/h4-5,9,18H,2-3,7-8,10-11H2,1H3,(H,19,20). The quantitative estimate of drug-likeness (QED) is 0.686. The number of benzene rings is 1. The van der Waals surface area contributed by atoms with Crippen molar-refractivity contribution in [3.63, 3.8) is 0 Å². The van der Waals surface area contributed by atoms with Crippen LogP contribution >= 0.6 is 11.6 Å². The Balaban J connectivity index is 2.42. The molecule has 1 aromatic rings. The van der Waals surface area contributed by atoms with Crippen molar-refractivity contribution in [1.29, 1.82) is 5.26 Å². The second kappa shape index (κ2) is 10.0. The molecule has 2 N–H and O–H groups in total. The number of hydrogen-bond acceptors (Lipinski definition) is 4. The Morgan fingerprint density at radius 3 is 2.90 bits per heavy atom. The second-order valence-corrected chi connectivity index (χ2v) is 4.90. The molecule has 0 aliphatic heterocycles. The summed E-state index contributed by atoms with van der Waals surface area (Å²) >= 11 is 6.12. The highest BCUT2D eigenvalue weighted by atomic mass is 35.5. The Bertz CT molecular complexity index is 500. The van der Waals surface area contributed by atoms with Crippen molar-refractivity contribution >= 4 is 17.5 Å². The second-order valence-electron chi connectivity index (χ2n) is 4.49. The molecule has 6 heteroatoms. The Kier molecular flexibility index (Phi) is 8.25. The van der Waals surface area contributed by atoms with E-state index < -0.39 is 0 Å². The average molecular weight is 310 g/mol. The molecular formula is C15H20ClN3O2. The van der Waals surface area contributed by atoms with Gasteiger partial charge in [-0.1, -0.05) is 24.6 Å². The van der Waals surface area contributed by atoms with Crippen LogP contribution in [0.25, 0.3) is 0 Å². The molecule has 0 atom stereocenters. The maximum absolute atomic E-state index is 11.4. The number of carbonyl (C=O) groups is 1. The van der Waals surface area contributed by atoms with Crippen LogP contribution in [-0.4, -0.2) is 25.6 Å². The van der Waals surface area contributed by atoms with Gasteiger partial charge in [-0.05, 0) is 30.7 Å². The van der Waals surface area contributed by atoms with E-state index in [0.29, 0.717) is 17.3 Å². The van der Waals surface area contributed by atoms with Crippen molar-refractivity contribution in [2.24, 2.45) is 0 Å². The Labute approximate surface area is 130 Å². The number of nitrogens with zero attached hydrogens (tertiary/aromatic N) is 1. The molecule has 0 saturated carbocycles. The summed E-state index contributed by atoms with van der Waals surface area (Å²) in [6, 6.07) is 7.45. The normalized spacial score (nSPS) is 9.95. The molecule has 0 aliphatic carbocycles. The molecule has 0 radical (unpaired) electrons. The SMILES string of the molecule is CCCNCc1ccc(OCC(=O)NCCC#N)c(Cl)c1. The Hall–Kier alpha value is -1.77. The minimum atomic E-state index is -0.269. The third kappa shape index (κ3) is 6.98. The number of ether oxygens (including phenoxy) is 1. The highest BCUT2D eigenvalue weighted by Gasteiger charge is 2.06. The molecule has 0 aliphatic rings. The topological polar surface area (TPSA) is 74.2 Å². The van der Waals surface area contributed by atoms with Crippen molar-refractivity contribution in [1.82, 2.24) is 10.6 Å². The first kappa shape index (κ1) is 17.3. The summed E-state index contributed by atoms with van der Waals surface area (Å²) in [4.78, 5) is 11.4. The lowest BCUT2D eigenvalue weighted by atomic mass is 10.2. The van der Waals surface area contributed by atoms with Crippen molar-refractivity contribution in [3.05, 3.63) is 28.8 Å². The van der Waals surface area contributed by atoms with E-state index in [1.165, 1.54) is 0 Å². The van der Waals surface area contributed by atoms with E-state index in [1.807, 2.05) is 18.2 Å². The monoisotopic (exact) mass is 309 g/mol. The van der Waals surface area contributed by atoms with Gasteiger partial charge in [0.05, 0.1) is 17.5 Å². The molecule has 0 saturated heterocycles. The molecule has 1 aromatic carbocycles. The van der Waals surface area contributed by atoms with Gasteiger partial charge in [-0.3, -0.25) is 4.79 Å². The molecule has 114 valence electrons. The van der Waals surface area contributed by atoms with Crippen molar-refractivity contribution in [3.8, 4) is 11.8 Å². The van der Waals surface area contributed by atoms with E-state index in [-0.39, 0.29) is 18.9 Å². The lowest BCUT2D eigenvalue weighted by molar-refractivity contribution is -0.123. The van der Waals surface area contributed by atoms with Gasteiger partial charge in [0.2, 0.25) is 0 Å². The minimum Gasteiger partial charge on any atom is -0.482 e. The van der Waals surface area contributed by atoms with Gasteiger partial charge < -0.3 is 15.4 Å². The molecule has 0 bridgehead atoms. The van der Waals surface area contributed by atoms with E-state index in [2.05, 4.69) is 17.6 Å². The van der Waals surface area contributed by atoms with Crippen LogP contribution in [0.3, 0.4) is 0 Å². The molecule has 1 amide bonds. The van der Waals surface area contributed by atoms with Gasteiger partial charge in [0, 0.05) is 13.1 Å². The van der Waals surface area contributed by atoms with Crippen molar-refractivity contribution in [2.75, 3.05) is 19.7 Å². The third-order valence-electron chi connectivity index (χ3n) is 2.67. The van der Waals surface area contributed by atoms with Gasteiger partial charge in [-0.25, -0.2) is 0 Å². The number of rotatable bonds is 9. The van der Waals surface area contributed by atoms with Crippen LogP contribution < -0.4 is 15.4 Å². The summed E-state index contributed by atoms with van der Waals surface area (Å²) in [5, 5.41) is 14.7. The lowest BCUT2D eigenvalue weighted by Crippen LogP contribution is -2.29. The molecule has 5 nitrogen and oxygen atoms in total. The first-order valence-corrected chi connectivity index (χ1v) is 7.30. The highest BCUT2D eigenvalue weighted by molar-refractivity contribution is 6.32. The highest BCUT2D eigenvalue weighted by Crippen LogP contribution is 2.25. The summed E-state index contributed by atoms with van der Waals surface area (Å²) in [5.74, 6) is 0.210. The predicted molar refractivity (Wildman–Crippen MR) is 82.2 cm³/mol. The molecule has 0 spiro atoms. The molecule has 0 unspecified atom stereocenters. The fraction of sp³-hybridized carbons (Fsp3) is 0.467. The molecule has 0 aromatic heterocycles. The van der Waals surface area contributed by atoms with Gasteiger partial charge in [-0.15, -0.1) is 0 Å². The van der Waals surface area contributed by atoms with Gasteiger partial charge in [0.25, 0.3) is 5.91 Å². The van der Waals surface area contributed by atoms with E-state index in [9.17, 15) is 4.79 Å². The number of nitriles is 1. The first-order chi connectivity index (χ1) is 10.2. The number of halogens is 1. The smallest absolute Gasteiger partial charge is 0.257 e. The molecule has 21 heavy (non-hydrogen) atoms. The van der Waals surface area contributed by atoms with Crippen LogP contribution in [-0.2, 0) is 11.3 Å². The van der Waals surface area contributed by atoms with Gasteiger partial charge in [0.15, 0.2) is 6.61 Å². The van der Waals surface area contributed by atoms with Crippen LogP contribution in [0.15, 0.2) is 18.2 Å². The third-order valence-corrected chi connectivity index (χ3v) is 2.97. The van der Waals surface area contributed by atoms with E-state index in [1.54, 1.807) is 6.07 Å². The van der Waals surface area contributed by atoms with Crippen molar-refractivity contribution in [2.45, 2.75) is 26.3 Å². The maximum atomic E-state index is 11.4. The van der Waals surface area contributed by atoms with Gasteiger partial charge >= 0.3 is 0 Å². The number of nitrogens with one attached hydrogen (secondary N) is 2. The minimum absolute atomic E-state index is 0.113. The molecular weight excluding hydrogens is 290 g/mol. The number of carbonyl (C=O) groups excluding carboxylic acids is 1. The fourth-order valence-corrected chi connectivity index (χ4v) is 1.89. The van der Waals surface area contributed by atoms with Gasteiger partial charge in [0.1, 0.15) is 5.75 Å². The number of hydrogen-bond donors (Lipinski definition) is 2. The summed E-state index contributed by atoms with van der Waals surface area (Å²) < 4.78 is 5.36. The van der Waals surface area contributed by atoms with Gasteiger partial charge in [-0.2, -0.15) is 5.26 Å². The fourth-order valence-electron chi connectivity index (χ4n) is 1.63. The van der Waals surface area contributed by atoms with Crippen LogP contribution in [0.2, 0.25) is 5.02 Å². The zero-order valence-electron chi connectivity index (χ0n) is 12.1. The molecule has 1 rings (SSSR count). The lowest BCUT2D eigenvalue weighted by Gasteiger charge is -2.10. The zero-order valence-corrected chi connectivity index (χ0v) is 12.9. The summed E-state index contributed by atoms with van der Waals surface area (Å²) in [6.45, 7) is 4.03. The largest absolute Gasteiger partial charge is 0.482 e. The van der Waals surface area contributed by atoms with Crippen LogP contribution in [0, 0.1) is 11.3 Å². The van der Waals surface area contributed by atoms with E-state index >= 15 is 0 Å². The van der Waals surface area contributed by atoms with Crippen LogP contribution in [0.4, 0.5) is 0 Å². The average Bonchev–Trinajstić information content (AvgIpc) is 2.47. The molecule has 0 heterocycles. The Morgan fingerprint density at radius 2 is 2.24 bits per heavy atom. The Morgan fingerprint density at radius 1 is 1.43 bits per heavy atom.